The maximum atomic E-state index is 11.9. The van der Waals surface area contributed by atoms with Gasteiger partial charge in [-0.1, -0.05) is 13.5 Å². The number of hydrogen-bond acceptors (Lipinski definition) is 6. The van der Waals surface area contributed by atoms with E-state index < -0.39 is 12.1 Å². The molecule has 1 saturated heterocycles. The molecule has 1 heterocycles. The molecule has 0 aromatic rings. The lowest BCUT2D eigenvalue weighted by Gasteiger charge is -2.40. The van der Waals surface area contributed by atoms with Crippen LogP contribution in [0, 0.1) is 5.92 Å². The van der Waals surface area contributed by atoms with Crippen molar-refractivity contribution >= 4 is 12.1 Å². The highest BCUT2D eigenvalue weighted by molar-refractivity contribution is 5.86. The van der Waals surface area contributed by atoms with Crippen molar-refractivity contribution in [1.29, 1.82) is 0 Å². The SMILES string of the molecule is C=C(C)C(=O)OCCNC(=O)OC1CCC(C2OC(C)CC(CC)O2)CC1. The summed E-state index contributed by atoms with van der Waals surface area (Å²) in [5, 5.41) is 2.60. The van der Waals surface area contributed by atoms with Crippen molar-refractivity contribution in [2.45, 2.75) is 83.9 Å². The van der Waals surface area contributed by atoms with Crippen LogP contribution in [0.25, 0.3) is 0 Å². The van der Waals surface area contributed by atoms with Crippen LogP contribution in [0.5, 0.6) is 0 Å². The van der Waals surface area contributed by atoms with Crippen molar-refractivity contribution in [2.75, 3.05) is 13.2 Å². The number of carbonyl (C=O) groups is 2. The van der Waals surface area contributed by atoms with Gasteiger partial charge in [0.2, 0.25) is 0 Å². The molecule has 3 unspecified atom stereocenters. The van der Waals surface area contributed by atoms with Gasteiger partial charge >= 0.3 is 12.1 Å². The fourth-order valence-electron chi connectivity index (χ4n) is 3.51. The first kappa shape index (κ1) is 21.7. The zero-order valence-electron chi connectivity index (χ0n) is 16.7. The number of hydrogen-bond donors (Lipinski definition) is 1. The summed E-state index contributed by atoms with van der Waals surface area (Å²) in [5.41, 5.74) is 0.333. The quantitative estimate of drug-likeness (QED) is 0.412. The second-order valence-corrected chi connectivity index (χ2v) is 7.50. The number of amides is 1. The van der Waals surface area contributed by atoms with Crippen LogP contribution in [0.1, 0.15) is 59.3 Å². The summed E-state index contributed by atoms with van der Waals surface area (Å²) < 4.78 is 22.4. The average Bonchev–Trinajstić information content (AvgIpc) is 2.65. The molecule has 0 radical (unpaired) electrons. The monoisotopic (exact) mass is 383 g/mol. The summed E-state index contributed by atoms with van der Waals surface area (Å²) in [6, 6.07) is 0. The first-order chi connectivity index (χ1) is 12.9. The first-order valence-electron chi connectivity index (χ1n) is 9.97. The van der Waals surface area contributed by atoms with E-state index in [-0.39, 0.29) is 37.8 Å². The summed E-state index contributed by atoms with van der Waals surface area (Å²) in [4.78, 5) is 23.1. The summed E-state index contributed by atoms with van der Waals surface area (Å²) >= 11 is 0. The lowest BCUT2D eigenvalue weighted by Crippen LogP contribution is -2.43. The molecule has 1 saturated carbocycles. The fourth-order valence-corrected chi connectivity index (χ4v) is 3.51. The van der Waals surface area contributed by atoms with E-state index in [0.29, 0.717) is 11.5 Å². The molecule has 2 aliphatic rings. The molecule has 27 heavy (non-hydrogen) atoms. The third-order valence-corrected chi connectivity index (χ3v) is 5.07. The molecule has 0 bridgehead atoms. The zero-order chi connectivity index (χ0) is 19.8. The predicted octanol–water partition coefficient (Wildman–Crippen LogP) is 3.32. The second-order valence-electron chi connectivity index (χ2n) is 7.50. The Balaban J connectivity index is 1.63. The van der Waals surface area contributed by atoms with Gasteiger partial charge in [-0.3, -0.25) is 0 Å². The Kier molecular flexibility index (Phi) is 8.57. The second kappa shape index (κ2) is 10.7. The fraction of sp³-hybridized carbons (Fsp3) is 0.800. The number of rotatable bonds is 7. The van der Waals surface area contributed by atoms with Crippen LogP contribution in [0.15, 0.2) is 12.2 Å². The molecule has 0 spiro atoms. The Labute approximate surface area is 161 Å². The third-order valence-electron chi connectivity index (χ3n) is 5.07. The average molecular weight is 383 g/mol. The lowest BCUT2D eigenvalue weighted by molar-refractivity contribution is -0.264. The molecule has 1 N–H and O–H groups in total. The first-order valence-corrected chi connectivity index (χ1v) is 9.97. The Morgan fingerprint density at radius 1 is 1.19 bits per heavy atom. The van der Waals surface area contributed by atoms with Crippen LogP contribution in [-0.2, 0) is 23.7 Å². The highest BCUT2D eigenvalue weighted by Crippen LogP contribution is 2.34. The number of alkyl carbamates (subject to hydrolysis) is 1. The van der Waals surface area contributed by atoms with Gasteiger partial charge in [0.25, 0.3) is 0 Å². The summed E-state index contributed by atoms with van der Waals surface area (Å²) in [6.45, 7) is 9.63. The molecule has 3 atom stereocenters. The Morgan fingerprint density at radius 3 is 2.52 bits per heavy atom. The van der Waals surface area contributed by atoms with Gasteiger partial charge in [-0.25, -0.2) is 9.59 Å². The van der Waals surface area contributed by atoms with Crippen molar-refractivity contribution in [3.63, 3.8) is 0 Å². The molecule has 2 fully saturated rings. The number of nitrogens with one attached hydrogen (secondary N) is 1. The van der Waals surface area contributed by atoms with E-state index in [2.05, 4.69) is 25.7 Å². The molecular formula is C20H33NO6. The minimum atomic E-state index is -0.477. The Hall–Kier alpha value is -1.60. The van der Waals surface area contributed by atoms with Crippen molar-refractivity contribution in [2.24, 2.45) is 5.92 Å². The van der Waals surface area contributed by atoms with Crippen LogP contribution in [0.4, 0.5) is 4.79 Å². The molecule has 2 rings (SSSR count). The minimum Gasteiger partial charge on any atom is -0.460 e. The van der Waals surface area contributed by atoms with Crippen molar-refractivity contribution in [3.05, 3.63) is 12.2 Å². The third kappa shape index (κ3) is 7.14. The lowest BCUT2D eigenvalue weighted by atomic mass is 9.86. The Bertz CT molecular complexity index is 515. The molecular weight excluding hydrogens is 350 g/mol. The molecule has 1 amide bonds. The number of carbonyl (C=O) groups excluding carboxylic acids is 2. The van der Waals surface area contributed by atoms with E-state index in [0.717, 1.165) is 38.5 Å². The zero-order valence-corrected chi connectivity index (χ0v) is 16.7. The highest BCUT2D eigenvalue weighted by Gasteiger charge is 2.35. The van der Waals surface area contributed by atoms with E-state index in [9.17, 15) is 9.59 Å². The van der Waals surface area contributed by atoms with Gasteiger partial charge in [0, 0.05) is 11.5 Å². The molecule has 1 aliphatic carbocycles. The summed E-state index contributed by atoms with van der Waals surface area (Å²) in [6.07, 6.45) is 5.19. The van der Waals surface area contributed by atoms with Gasteiger partial charge in [0.05, 0.1) is 18.8 Å². The maximum Gasteiger partial charge on any atom is 0.407 e. The van der Waals surface area contributed by atoms with Gasteiger partial charge in [-0.05, 0) is 52.4 Å². The van der Waals surface area contributed by atoms with Crippen LogP contribution in [-0.4, -0.2) is 49.8 Å². The normalized spacial score (nSPS) is 31.0. The minimum absolute atomic E-state index is 0.0952. The topological polar surface area (TPSA) is 83.1 Å². The van der Waals surface area contributed by atoms with E-state index >= 15 is 0 Å². The van der Waals surface area contributed by atoms with E-state index in [4.69, 9.17) is 18.9 Å². The standard InChI is InChI=1S/C20H33NO6/c1-5-16-12-14(4)25-19(26-16)15-6-8-17(9-7-15)27-20(23)21-10-11-24-18(22)13(2)3/h14-17,19H,2,5-12H2,1,3-4H3,(H,21,23). The van der Waals surface area contributed by atoms with Crippen LogP contribution in [0.2, 0.25) is 0 Å². The Morgan fingerprint density at radius 2 is 1.89 bits per heavy atom. The maximum absolute atomic E-state index is 11.9. The highest BCUT2D eigenvalue weighted by atomic mass is 16.7. The van der Waals surface area contributed by atoms with Gasteiger partial charge in [0.1, 0.15) is 12.7 Å². The van der Waals surface area contributed by atoms with Gasteiger partial charge < -0.3 is 24.3 Å². The van der Waals surface area contributed by atoms with Crippen LogP contribution >= 0.6 is 0 Å². The summed E-state index contributed by atoms with van der Waals surface area (Å²) in [5.74, 6) is -0.110. The molecule has 0 aromatic heterocycles. The van der Waals surface area contributed by atoms with Gasteiger partial charge in [0.15, 0.2) is 6.29 Å². The number of ether oxygens (including phenoxy) is 4. The van der Waals surface area contributed by atoms with Gasteiger partial charge in [-0.15, -0.1) is 0 Å². The van der Waals surface area contributed by atoms with Crippen molar-refractivity contribution in [3.8, 4) is 0 Å². The van der Waals surface area contributed by atoms with Crippen molar-refractivity contribution < 1.29 is 28.5 Å². The predicted molar refractivity (Wildman–Crippen MR) is 100 cm³/mol. The van der Waals surface area contributed by atoms with Crippen molar-refractivity contribution in [1.82, 2.24) is 5.32 Å². The van der Waals surface area contributed by atoms with E-state index in [1.165, 1.54) is 0 Å². The molecule has 7 heteroatoms. The largest absolute Gasteiger partial charge is 0.460 e. The molecule has 154 valence electrons. The van der Waals surface area contributed by atoms with Gasteiger partial charge in [-0.2, -0.15) is 0 Å². The van der Waals surface area contributed by atoms with Crippen LogP contribution < -0.4 is 5.32 Å². The van der Waals surface area contributed by atoms with E-state index in [1.54, 1.807) is 6.92 Å². The summed E-state index contributed by atoms with van der Waals surface area (Å²) in [7, 11) is 0. The van der Waals surface area contributed by atoms with E-state index in [1.807, 2.05) is 0 Å². The molecule has 0 aromatic carbocycles. The molecule has 1 aliphatic heterocycles. The van der Waals surface area contributed by atoms with Crippen LogP contribution in [0.3, 0.4) is 0 Å². The smallest absolute Gasteiger partial charge is 0.407 e. The molecule has 7 nitrogen and oxygen atoms in total. The number of esters is 1.